The van der Waals surface area contributed by atoms with Crippen molar-refractivity contribution in [3.05, 3.63) is 71.4 Å². The first-order valence-corrected chi connectivity index (χ1v) is 10.4. The fourth-order valence-corrected chi connectivity index (χ4v) is 3.57. The Kier molecular flexibility index (Phi) is 6.09. The molecule has 3 aromatic rings. The summed E-state index contributed by atoms with van der Waals surface area (Å²) in [6.45, 7) is 1.76. The predicted molar refractivity (Wildman–Crippen MR) is 108 cm³/mol. The smallest absolute Gasteiger partial charge is 0.328 e. The van der Waals surface area contributed by atoms with E-state index >= 15 is 0 Å². The minimum Gasteiger partial charge on any atom is -0.328 e. The summed E-state index contributed by atoms with van der Waals surface area (Å²) in [5.74, 6) is -0.174. The summed E-state index contributed by atoms with van der Waals surface area (Å²) >= 11 is 0. The molecular weight excluding hydrogens is 464 g/mol. The van der Waals surface area contributed by atoms with Crippen molar-refractivity contribution in [3.63, 3.8) is 0 Å². The van der Waals surface area contributed by atoms with Crippen LogP contribution in [0.3, 0.4) is 0 Å². The third kappa shape index (κ3) is 5.05. The van der Waals surface area contributed by atoms with Crippen LogP contribution in [-0.4, -0.2) is 37.1 Å². The molecule has 0 spiro atoms. The van der Waals surface area contributed by atoms with E-state index in [2.05, 4.69) is 15.1 Å². The van der Waals surface area contributed by atoms with Crippen LogP contribution in [0.5, 0.6) is 0 Å². The van der Waals surface area contributed by atoms with Gasteiger partial charge in [0.05, 0.1) is 17.2 Å². The lowest BCUT2D eigenvalue weighted by atomic mass is 10.0. The van der Waals surface area contributed by atoms with E-state index in [1.54, 1.807) is 25.1 Å². The highest BCUT2D eigenvalue weighted by molar-refractivity contribution is 5.95. The lowest BCUT2D eigenvalue weighted by Gasteiger charge is -2.29. The van der Waals surface area contributed by atoms with E-state index < -0.39 is 41.0 Å². The van der Waals surface area contributed by atoms with Gasteiger partial charge in [-0.15, -0.1) is 0 Å². The predicted octanol–water partition coefficient (Wildman–Crippen LogP) is 5.31. The van der Waals surface area contributed by atoms with Crippen LogP contribution >= 0.6 is 0 Å². The van der Waals surface area contributed by atoms with E-state index in [1.807, 2.05) is 0 Å². The summed E-state index contributed by atoms with van der Waals surface area (Å²) in [7, 11) is 0. The number of aromatic nitrogens is 4. The van der Waals surface area contributed by atoms with Crippen LogP contribution in [0.25, 0.3) is 5.82 Å². The van der Waals surface area contributed by atoms with Gasteiger partial charge >= 0.3 is 12.4 Å². The number of rotatable bonds is 6. The Labute approximate surface area is 190 Å². The van der Waals surface area contributed by atoms with Crippen molar-refractivity contribution in [2.75, 3.05) is 6.54 Å². The molecule has 1 saturated carbocycles. The number of carbonyl (C=O) groups excluding carboxylic acids is 1. The molecule has 1 aliphatic carbocycles. The van der Waals surface area contributed by atoms with Gasteiger partial charge in [-0.2, -0.15) is 36.1 Å². The van der Waals surface area contributed by atoms with Crippen molar-refractivity contribution in [2.45, 2.75) is 38.2 Å². The standard InChI is InChI=1S/C22H19F6N5O/c1-13(19-30-12-31-33(19)18-4-2-3-7-29-18)32(11-14-5-6-14)20(34)15-8-16(21(23,24)25)10-17(9-15)22(26,27)28/h2-4,7-10,12-14H,5-6,11H2,1H3/t13-/m0/s1. The van der Waals surface area contributed by atoms with Gasteiger partial charge in [0.25, 0.3) is 5.91 Å². The van der Waals surface area contributed by atoms with E-state index in [-0.39, 0.29) is 24.4 Å². The molecule has 180 valence electrons. The molecule has 0 N–H and O–H groups in total. The molecule has 1 atom stereocenters. The molecule has 0 saturated heterocycles. The number of hydrogen-bond acceptors (Lipinski definition) is 4. The van der Waals surface area contributed by atoms with Gasteiger partial charge in [-0.25, -0.2) is 9.97 Å². The number of alkyl halides is 6. The number of carbonyl (C=O) groups is 1. The zero-order valence-electron chi connectivity index (χ0n) is 17.8. The largest absolute Gasteiger partial charge is 0.416 e. The zero-order valence-corrected chi connectivity index (χ0v) is 17.8. The van der Waals surface area contributed by atoms with Gasteiger partial charge in [0.1, 0.15) is 6.33 Å². The second-order valence-electron chi connectivity index (χ2n) is 8.09. The fraction of sp³-hybridized carbons (Fsp3) is 0.364. The summed E-state index contributed by atoms with van der Waals surface area (Å²) in [5.41, 5.74) is -3.78. The summed E-state index contributed by atoms with van der Waals surface area (Å²) in [4.78, 5) is 23.0. The molecule has 6 nitrogen and oxygen atoms in total. The molecule has 1 amide bonds. The summed E-state index contributed by atoms with van der Waals surface area (Å²) < 4.78 is 81.3. The molecule has 1 fully saturated rings. The Morgan fingerprint density at radius 3 is 2.24 bits per heavy atom. The summed E-state index contributed by atoms with van der Waals surface area (Å²) in [5, 5.41) is 4.12. The number of hydrogen-bond donors (Lipinski definition) is 0. The average Bonchev–Trinajstić information content (AvgIpc) is 3.48. The molecule has 0 aliphatic heterocycles. The van der Waals surface area contributed by atoms with Gasteiger partial charge in [0.15, 0.2) is 11.6 Å². The van der Waals surface area contributed by atoms with Crippen LogP contribution in [-0.2, 0) is 12.4 Å². The molecule has 34 heavy (non-hydrogen) atoms. The molecule has 1 aliphatic rings. The van der Waals surface area contributed by atoms with E-state index in [0.717, 1.165) is 12.8 Å². The molecule has 0 bridgehead atoms. The van der Waals surface area contributed by atoms with Crippen molar-refractivity contribution in [1.82, 2.24) is 24.6 Å². The van der Waals surface area contributed by atoms with Gasteiger partial charge in [-0.1, -0.05) is 6.07 Å². The Bertz CT molecular complexity index is 1140. The molecule has 4 rings (SSSR count). The maximum absolute atomic E-state index is 13.4. The lowest BCUT2D eigenvalue weighted by Crippen LogP contribution is -2.37. The second kappa shape index (κ2) is 8.73. The highest BCUT2D eigenvalue weighted by Crippen LogP contribution is 2.38. The first kappa shape index (κ1) is 23.7. The normalized spacial score (nSPS) is 15.3. The van der Waals surface area contributed by atoms with E-state index in [4.69, 9.17) is 0 Å². The number of amides is 1. The first-order chi connectivity index (χ1) is 15.9. The van der Waals surface area contributed by atoms with Gasteiger partial charge in [0, 0.05) is 18.3 Å². The SMILES string of the molecule is C[C@@H](c1ncnn1-c1ccccn1)N(CC1CC1)C(=O)c1cc(C(F)(F)F)cc(C(F)(F)F)c1. The minimum atomic E-state index is -5.05. The highest BCUT2D eigenvalue weighted by Gasteiger charge is 2.39. The quantitative estimate of drug-likeness (QED) is 0.446. The third-order valence-electron chi connectivity index (χ3n) is 5.53. The highest BCUT2D eigenvalue weighted by atomic mass is 19.4. The summed E-state index contributed by atoms with van der Waals surface area (Å²) in [6, 6.07) is 5.16. The lowest BCUT2D eigenvalue weighted by molar-refractivity contribution is -0.143. The topological polar surface area (TPSA) is 63.9 Å². The van der Waals surface area contributed by atoms with Crippen LogP contribution in [0.1, 0.15) is 53.1 Å². The number of nitrogens with zero attached hydrogens (tertiary/aromatic N) is 5. The van der Waals surface area contributed by atoms with Crippen LogP contribution in [0.4, 0.5) is 26.3 Å². The van der Waals surface area contributed by atoms with Crippen molar-refractivity contribution in [2.24, 2.45) is 5.92 Å². The van der Waals surface area contributed by atoms with Gasteiger partial charge in [-0.3, -0.25) is 4.79 Å². The number of halogens is 6. The monoisotopic (exact) mass is 483 g/mol. The van der Waals surface area contributed by atoms with E-state index in [1.165, 1.54) is 22.1 Å². The molecule has 12 heteroatoms. The van der Waals surface area contributed by atoms with Gasteiger partial charge in [0.2, 0.25) is 0 Å². The van der Waals surface area contributed by atoms with Crippen molar-refractivity contribution >= 4 is 5.91 Å². The molecular formula is C22H19F6N5O. The number of pyridine rings is 1. The Morgan fingerprint density at radius 2 is 1.71 bits per heavy atom. The maximum Gasteiger partial charge on any atom is 0.416 e. The van der Waals surface area contributed by atoms with Crippen LogP contribution < -0.4 is 0 Å². The van der Waals surface area contributed by atoms with Crippen LogP contribution in [0, 0.1) is 5.92 Å². The van der Waals surface area contributed by atoms with E-state index in [9.17, 15) is 31.1 Å². The zero-order chi connectivity index (χ0) is 24.7. The van der Waals surface area contributed by atoms with Crippen LogP contribution in [0.2, 0.25) is 0 Å². The van der Waals surface area contributed by atoms with Crippen molar-refractivity contribution in [3.8, 4) is 5.82 Å². The number of benzene rings is 1. The van der Waals surface area contributed by atoms with Crippen LogP contribution in [0.15, 0.2) is 48.9 Å². The molecule has 0 radical (unpaired) electrons. The third-order valence-corrected chi connectivity index (χ3v) is 5.53. The van der Waals surface area contributed by atoms with Crippen molar-refractivity contribution in [1.29, 1.82) is 0 Å². The molecule has 2 aromatic heterocycles. The molecule has 1 aromatic carbocycles. The maximum atomic E-state index is 13.4. The van der Waals surface area contributed by atoms with Gasteiger partial charge < -0.3 is 4.90 Å². The van der Waals surface area contributed by atoms with Crippen molar-refractivity contribution < 1.29 is 31.1 Å². The van der Waals surface area contributed by atoms with Gasteiger partial charge in [-0.05, 0) is 56.0 Å². The first-order valence-electron chi connectivity index (χ1n) is 10.4. The van der Waals surface area contributed by atoms with E-state index in [0.29, 0.717) is 18.0 Å². The minimum absolute atomic E-state index is 0.00311. The molecule has 0 unspecified atom stereocenters. The molecule has 2 heterocycles. The average molecular weight is 483 g/mol. The second-order valence-corrected chi connectivity index (χ2v) is 8.09. The Balaban J connectivity index is 1.75. The Morgan fingerprint density at radius 1 is 1.06 bits per heavy atom. The fourth-order valence-electron chi connectivity index (χ4n) is 3.57. The Hall–Kier alpha value is -3.44. The summed E-state index contributed by atoms with van der Waals surface area (Å²) in [6.07, 6.45) is -5.73.